The number of nitrogens with one attached hydrogen (secondary N) is 5. The number of aromatic amines is 1. The second kappa shape index (κ2) is 10.6. The first-order valence-electron chi connectivity index (χ1n) is 14.0. The number of rotatable bonds is 7. The van der Waals surface area contributed by atoms with Gasteiger partial charge in [-0.15, -0.1) is 5.53 Å². The van der Waals surface area contributed by atoms with E-state index in [1.807, 2.05) is 12.1 Å². The third kappa shape index (κ3) is 5.27. The zero-order valence-corrected chi connectivity index (χ0v) is 24.9. The largest absolute Gasteiger partial charge is 0.413 e. The molecule has 1 saturated carbocycles. The van der Waals surface area contributed by atoms with Crippen LogP contribution in [0.3, 0.4) is 0 Å². The fraction of sp³-hybridized carbons (Fsp3) is 0.323. The second-order valence-corrected chi connectivity index (χ2v) is 12.7. The predicted molar refractivity (Wildman–Crippen MR) is 165 cm³/mol. The summed E-state index contributed by atoms with van der Waals surface area (Å²) in [5.41, 5.74) is 6.25. The maximum absolute atomic E-state index is 14.0. The van der Waals surface area contributed by atoms with Crippen LogP contribution in [-0.4, -0.2) is 33.2 Å². The molecule has 0 radical (unpaired) electrons. The van der Waals surface area contributed by atoms with Crippen molar-refractivity contribution in [3.05, 3.63) is 87.2 Å². The fourth-order valence-corrected chi connectivity index (χ4v) is 5.71. The zero-order chi connectivity index (χ0) is 31.4. The van der Waals surface area contributed by atoms with Crippen LogP contribution in [0, 0.1) is 16.7 Å². The smallest absolute Gasteiger partial charge is 0.383 e. The summed E-state index contributed by atoms with van der Waals surface area (Å²) in [5, 5.41) is 19.7. The normalized spacial score (nSPS) is 16.8. The Kier molecular flexibility index (Phi) is 7.13. The number of aromatic nitrogens is 2. The molecule has 3 heterocycles. The van der Waals surface area contributed by atoms with Crippen molar-refractivity contribution in [2.75, 3.05) is 17.2 Å². The Bertz CT molecular complexity index is 1900. The summed E-state index contributed by atoms with van der Waals surface area (Å²) in [6, 6.07) is 11.9. The number of alkyl halides is 3. The number of H-pyrrole nitrogens is 1. The van der Waals surface area contributed by atoms with Crippen molar-refractivity contribution < 1.29 is 13.2 Å². The molecule has 0 spiro atoms. The molecule has 2 aliphatic rings. The highest BCUT2D eigenvalue weighted by atomic mass is 35.5. The third-order valence-corrected chi connectivity index (χ3v) is 8.21. The summed E-state index contributed by atoms with van der Waals surface area (Å²) in [7, 11) is 0. The zero-order valence-electron chi connectivity index (χ0n) is 24.2. The average molecular weight is 623 g/mol. The Morgan fingerprint density at radius 2 is 1.93 bits per heavy atom. The van der Waals surface area contributed by atoms with Gasteiger partial charge in [0.25, 0.3) is 5.56 Å². The number of pyridine rings is 2. The number of anilines is 2. The van der Waals surface area contributed by atoms with Crippen LogP contribution >= 0.6 is 11.6 Å². The molecular formula is C31H30ClF3N8O. The lowest BCUT2D eigenvalue weighted by Gasteiger charge is -2.28. The van der Waals surface area contributed by atoms with Crippen LogP contribution in [0.2, 0.25) is 5.02 Å². The molecule has 1 aliphatic heterocycles. The van der Waals surface area contributed by atoms with E-state index in [-0.39, 0.29) is 23.8 Å². The minimum atomic E-state index is -4.43. The molecule has 228 valence electrons. The first-order chi connectivity index (χ1) is 20.8. The van der Waals surface area contributed by atoms with E-state index in [9.17, 15) is 23.2 Å². The lowest BCUT2D eigenvalue weighted by Crippen LogP contribution is -2.52. The van der Waals surface area contributed by atoms with E-state index in [1.165, 1.54) is 18.6 Å². The van der Waals surface area contributed by atoms with E-state index in [4.69, 9.17) is 11.6 Å². The number of hydrogen-bond donors (Lipinski definition) is 5. The highest BCUT2D eigenvalue weighted by Crippen LogP contribution is 2.54. The van der Waals surface area contributed by atoms with Crippen molar-refractivity contribution in [2.45, 2.75) is 51.4 Å². The van der Waals surface area contributed by atoms with E-state index in [0.717, 1.165) is 5.01 Å². The Balaban J connectivity index is 1.48. The molecule has 1 atom stereocenters. The number of nitriles is 1. The summed E-state index contributed by atoms with van der Waals surface area (Å²) < 4.78 is 42.0. The summed E-state index contributed by atoms with van der Waals surface area (Å²) in [6.07, 6.45) is -0.0739. The third-order valence-electron chi connectivity index (χ3n) is 7.92. The molecule has 9 nitrogen and oxygen atoms in total. The van der Waals surface area contributed by atoms with Gasteiger partial charge in [-0.05, 0) is 53.5 Å². The molecule has 1 aliphatic carbocycles. The number of fused-ring (bicyclic) bond motifs is 2. The van der Waals surface area contributed by atoms with Crippen LogP contribution in [0.25, 0.3) is 21.7 Å². The summed E-state index contributed by atoms with van der Waals surface area (Å²) in [4.78, 5) is 19.7. The van der Waals surface area contributed by atoms with E-state index >= 15 is 0 Å². The van der Waals surface area contributed by atoms with Crippen molar-refractivity contribution in [1.82, 2.24) is 25.9 Å². The number of halogens is 4. The van der Waals surface area contributed by atoms with Crippen LogP contribution in [0.15, 0.2) is 65.5 Å². The van der Waals surface area contributed by atoms with Gasteiger partial charge in [0.1, 0.15) is 6.07 Å². The SMILES string of the molecule is CC(C)(C)CNc1c(C#N)cnc2c(Cl)cc(N[C@H](C3=CN(C4(C(F)(F)F)CC4)NN3)c3cccc4c(=O)[nH]ccc34)cc12. The van der Waals surface area contributed by atoms with Gasteiger partial charge in [0.2, 0.25) is 0 Å². The maximum Gasteiger partial charge on any atom is 0.413 e. The Morgan fingerprint density at radius 3 is 2.61 bits per heavy atom. The molecule has 0 amide bonds. The Labute approximate surface area is 256 Å². The van der Waals surface area contributed by atoms with E-state index in [1.54, 1.807) is 24.3 Å². The van der Waals surface area contributed by atoms with Gasteiger partial charge < -0.3 is 21.0 Å². The molecule has 2 aromatic carbocycles. The molecule has 4 aromatic rings. The summed E-state index contributed by atoms with van der Waals surface area (Å²) in [6.45, 7) is 6.78. The van der Waals surface area contributed by atoms with Crippen molar-refractivity contribution in [3.63, 3.8) is 0 Å². The number of nitrogens with zero attached hydrogens (tertiary/aromatic N) is 3. The van der Waals surface area contributed by atoms with Gasteiger partial charge in [-0.2, -0.15) is 18.4 Å². The van der Waals surface area contributed by atoms with Gasteiger partial charge in [0.15, 0.2) is 5.54 Å². The summed E-state index contributed by atoms with van der Waals surface area (Å²) in [5.74, 6) is 0. The van der Waals surface area contributed by atoms with Crippen molar-refractivity contribution in [2.24, 2.45) is 5.41 Å². The number of benzene rings is 2. The minimum Gasteiger partial charge on any atom is -0.383 e. The Hall–Kier alpha value is -4.47. The number of hydrogen-bond acceptors (Lipinski definition) is 8. The van der Waals surface area contributed by atoms with E-state index in [2.05, 4.69) is 58.4 Å². The Morgan fingerprint density at radius 1 is 1.16 bits per heavy atom. The van der Waals surface area contributed by atoms with E-state index < -0.39 is 17.8 Å². The predicted octanol–water partition coefficient (Wildman–Crippen LogP) is 6.47. The van der Waals surface area contributed by atoms with Gasteiger partial charge in [-0.1, -0.05) is 44.5 Å². The molecule has 13 heteroatoms. The number of hydrazine groups is 2. The van der Waals surface area contributed by atoms with Gasteiger partial charge in [-0.3, -0.25) is 14.8 Å². The second-order valence-electron chi connectivity index (χ2n) is 12.3. The molecule has 6 rings (SSSR count). The molecule has 44 heavy (non-hydrogen) atoms. The van der Waals surface area contributed by atoms with Crippen molar-refractivity contribution in [1.29, 1.82) is 5.26 Å². The fourth-order valence-electron chi connectivity index (χ4n) is 5.44. The minimum absolute atomic E-state index is 0.0322. The maximum atomic E-state index is 14.0. The first-order valence-corrected chi connectivity index (χ1v) is 14.4. The van der Waals surface area contributed by atoms with E-state index in [0.29, 0.717) is 61.4 Å². The highest BCUT2D eigenvalue weighted by molar-refractivity contribution is 6.35. The molecule has 0 unspecified atom stereocenters. The first kappa shape index (κ1) is 29.6. The molecule has 0 bridgehead atoms. The molecule has 2 aromatic heterocycles. The monoisotopic (exact) mass is 622 g/mol. The van der Waals surface area contributed by atoms with Crippen LogP contribution in [-0.2, 0) is 0 Å². The van der Waals surface area contributed by atoms with Crippen LogP contribution < -0.4 is 27.2 Å². The lowest BCUT2D eigenvalue weighted by molar-refractivity contribution is -0.195. The van der Waals surface area contributed by atoms with Gasteiger partial charge >= 0.3 is 6.18 Å². The average Bonchev–Trinajstić information content (AvgIpc) is 3.65. The van der Waals surface area contributed by atoms with Crippen molar-refractivity contribution in [3.8, 4) is 6.07 Å². The van der Waals surface area contributed by atoms with Gasteiger partial charge in [-0.25, -0.2) is 0 Å². The van der Waals surface area contributed by atoms with Crippen LogP contribution in [0.4, 0.5) is 24.5 Å². The van der Waals surface area contributed by atoms with Gasteiger partial charge in [0.05, 0.1) is 33.5 Å². The van der Waals surface area contributed by atoms with Crippen molar-refractivity contribution >= 4 is 44.7 Å². The van der Waals surface area contributed by atoms with Crippen LogP contribution in [0.5, 0.6) is 0 Å². The molecule has 5 N–H and O–H groups in total. The topological polar surface area (TPSA) is 121 Å². The van der Waals surface area contributed by atoms with Gasteiger partial charge in [0, 0.05) is 41.6 Å². The summed E-state index contributed by atoms with van der Waals surface area (Å²) >= 11 is 6.73. The standard InChI is InChI=1S/C31H30ClF3N8O/c1-29(2,3)16-39-25-17(13-36)14-38-26-22(25)11-18(12-23(26)32)40-27(20-5-4-6-21-19(20)7-10-37-28(21)44)24-15-43(42-41-24)30(8-9-30)31(33,34)35/h4-7,10-12,14-15,27,40-42H,8-9,16H2,1-3H3,(H,37,44)(H,38,39)/t27-/m0/s1. The molecular weight excluding hydrogens is 593 g/mol. The quantitative estimate of drug-likeness (QED) is 0.159. The molecule has 1 fully saturated rings. The van der Waals surface area contributed by atoms with Crippen LogP contribution in [0.1, 0.15) is 50.8 Å². The highest BCUT2D eigenvalue weighted by Gasteiger charge is 2.67. The molecule has 0 saturated heterocycles. The lowest BCUT2D eigenvalue weighted by atomic mass is 9.96.